The summed E-state index contributed by atoms with van der Waals surface area (Å²) in [4.78, 5) is 26.1. The van der Waals surface area contributed by atoms with E-state index in [1.165, 1.54) is 0 Å². The summed E-state index contributed by atoms with van der Waals surface area (Å²) in [6.07, 6.45) is 2.57. The molecule has 1 radical (unpaired) electrons. The fourth-order valence-electron chi connectivity index (χ4n) is 1.82. The monoisotopic (exact) mass is 314 g/mol. The van der Waals surface area contributed by atoms with Crippen molar-refractivity contribution in [2.24, 2.45) is 5.92 Å². The minimum Gasteiger partial charge on any atom is -0.541 e. The van der Waals surface area contributed by atoms with Gasteiger partial charge in [0.05, 0.1) is 0 Å². The van der Waals surface area contributed by atoms with E-state index in [2.05, 4.69) is 9.80 Å². The van der Waals surface area contributed by atoms with Crippen molar-refractivity contribution in [3.8, 4) is 0 Å². The Hall–Kier alpha value is 0.364. The van der Waals surface area contributed by atoms with Gasteiger partial charge in [-0.05, 0) is 0 Å². The normalized spacial score (nSPS) is 17.8. The van der Waals surface area contributed by atoms with Crippen molar-refractivity contribution in [1.29, 1.82) is 0 Å². The summed E-state index contributed by atoms with van der Waals surface area (Å²) < 4.78 is 0. The van der Waals surface area contributed by atoms with Crippen LogP contribution in [0, 0.1) is 5.92 Å². The molecule has 1 heterocycles. The van der Waals surface area contributed by atoms with Crippen LogP contribution in [0.4, 0.5) is 0 Å². The molecular weight excluding hydrogens is 293 g/mol. The Kier molecular flexibility index (Phi) is 9.51. The average Bonchev–Trinajstić information content (AvgIpc) is 2.28. The predicted molar refractivity (Wildman–Crippen MR) is 63.0 cm³/mol. The van der Waals surface area contributed by atoms with Crippen LogP contribution in [-0.2, 0) is 42.3 Å². The van der Waals surface area contributed by atoms with Crippen LogP contribution in [0.5, 0.6) is 0 Å². The van der Waals surface area contributed by atoms with Crippen LogP contribution in [0.15, 0.2) is 0 Å². The fourth-order valence-corrected chi connectivity index (χ4v) is 1.82. The van der Waals surface area contributed by atoms with E-state index in [9.17, 15) is 9.59 Å². The number of piperazine rings is 1. The number of rotatable bonds is 6. The van der Waals surface area contributed by atoms with Gasteiger partial charge in [-0.15, -0.1) is 0 Å². The maximum absolute atomic E-state index is 11.5. The first-order valence-corrected chi connectivity index (χ1v) is 5.96. The maximum Gasteiger partial charge on any atom is 0.136 e. The van der Waals surface area contributed by atoms with Gasteiger partial charge in [0.2, 0.25) is 0 Å². The molecule has 0 aromatic heterocycles. The summed E-state index contributed by atoms with van der Waals surface area (Å²) in [5.74, 6) is 0.481. The zero-order chi connectivity index (χ0) is 12.0. The molecule has 0 aromatic carbocycles. The zero-order valence-electron chi connectivity index (χ0n) is 10.8. The van der Waals surface area contributed by atoms with Gasteiger partial charge in [0.1, 0.15) is 5.78 Å². The van der Waals surface area contributed by atoms with Crippen LogP contribution in [-0.4, -0.2) is 61.1 Å². The van der Waals surface area contributed by atoms with E-state index in [4.69, 9.17) is 0 Å². The number of hydrogen-bond acceptors (Lipinski definition) is 4. The van der Waals surface area contributed by atoms with Gasteiger partial charge in [-0.2, -0.15) is 0 Å². The molecule has 0 unspecified atom stereocenters. The molecule has 1 saturated heterocycles. The quantitative estimate of drug-likeness (QED) is 0.663. The molecular formula is C12H21N2O2Y-. The Labute approximate surface area is 129 Å². The molecule has 95 valence electrons. The smallest absolute Gasteiger partial charge is 0.136 e. The van der Waals surface area contributed by atoms with E-state index in [-0.39, 0.29) is 38.6 Å². The van der Waals surface area contributed by atoms with E-state index in [1.807, 2.05) is 20.1 Å². The number of nitrogens with zero attached hydrogens (tertiary/aromatic N) is 2. The second kappa shape index (κ2) is 9.31. The number of hydrogen-bond donors (Lipinski definition) is 0. The molecule has 1 aliphatic rings. The van der Waals surface area contributed by atoms with Crippen molar-refractivity contribution in [3.63, 3.8) is 0 Å². The molecule has 1 rings (SSSR count). The Morgan fingerprint density at radius 3 is 2.18 bits per heavy atom. The van der Waals surface area contributed by atoms with Gasteiger partial charge in [0.25, 0.3) is 0 Å². The Morgan fingerprint density at radius 2 is 1.71 bits per heavy atom. The van der Waals surface area contributed by atoms with E-state index in [0.717, 1.165) is 32.7 Å². The third-order valence-electron chi connectivity index (χ3n) is 3.07. The van der Waals surface area contributed by atoms with Crippen molar-refractivity contribution in [3.05, 3.63) is 0 Å². The molecule has 0 aliphatic carbocycles. The molecule has 0 spiro atoms. The molecule has 1 fully saturated rings. The van der Waals surface area contributed by atoms with Crippen LogP contribution >= 0.6 is 0 Å². The Morgan fingerprint density at radius 1 is 1.18 bits per heavy atom. The number of carbonyl (C=O) groups excluding carboxylic acids is 2. The van der Waals surface area contributed by atoms with Crippen molar-refractivity contribution in [2.45, 2.75) is 20.3 Å². The Bertz CT molecular complexity index is 239. The summed E-state index contributed by atoms with van der Waals surface area (Å²) >= 11 is 0. The van der Waals surface area contributed by atoms with Crippen molar-refractivity contribution < 1.29 is 42.3 Å². The SMILES string of the molecule is CC(C)C(=O)CCN1CCN(C[C-]=O)CC1.[Y]. The van der Waals surface area contributed by atoms with Crippen LogP contribution in [0.3, 0.4) is 0 Å². The van der Waals surface area contributed by atoms with Crippen LogP contribution < -0.4 is 0 Å². The van der Waals surface area contributed by atoms with Gasteiger partial charge in [0.15, 0.2) is 0 Å². The zero-order valence-corrected chi connectivity index (χ0v) is 13.7. The number of ketones is 1. The van der Waals surface area contributed by atoms with E-state index < -0.39 is 0 Å². The number of Topliss-reactive ketones (excluding diaryl/α,β-unsaturated/α-hetero) is 1. The molecule has 4 nitrogen and oxygen atoms in total. The molecule has 0 amide bonds. The minimum atomic E-state index is 0. The molecule has 1 aliphatic heterocycles. The van der Waals surface area contributed by atoms with Gasteiger partial charge in [0, 0.05) is 77.8 Å². The van der Waals surface area contributed by atoms with Crippen molar-refractivity contribution in [1.82, 2.24) is 9.80 Å². The molecule has 17 heavy (non-hydrogen) atoms. The second-order valence-electron chi connectivity index (χ2n) is 4.63. The molecule has 0 saturated carbocycles. The first-order valence-electron chi connectivity index (χ1n) is 5.96. The standard InChI is InChI=1S/C12H21N2O2.Y/c1-11(2)12(16)3-4-13-5-7-14(8-6-13)9-10-15;/h11H,3-9H2,1-2H3;/q-1;. The second-order valence-corrected chi connectivity index (χ2v) is 4.63. The van der Waals surface area contributed by atoms with Crippen molar-refractivity contribution >= 4 is 12.1 Å². The summed E-state index contributed by atoms with van der Waals surface area (Å²) in [7, 11) is 0. The van der Waals surface area contributed by atoms with Gasteiger partial charge in [-0.25, -0.2) is 6.29 Å². The van der Waals surface area contributed by atoms with Crippen LogP contribution in [0.25, 0.3) is 0 Å². The summed E-state index contributed by atoms with van der Waals surface area (Å²) in [5, 5.41) is 0. The Balaban J connectivity index is 0.00000256. The summed E-state index contributed by atoms with van der Waals surface area (Å²) in [6.45, 7) is 8.88. The first kappa shape index (κ1) is 17.4. The van der Waals surface area contributed by atoms with Gasteiger partial charge in [-0.3, -0.25) is 4.79 Å². The van der Waals surface area contributed by atoms with E-state index >= 15 is 0 Å². The van der Waals surface area contributed by atoms with E-state index in [0.29, 0.717) is 18.7 Å². The largest absolute Gasteiger partial charge is 0.541 e. The van der Waals surface area contributed by atoms with Gasteiger partial charge in [-0.1, -0.05) is 20.4 Å². The maximum atomic E-state index is 11.5. The molecule has 0 aromatic rings. The summed E-state index contributed by atoms with van der Waals surface area (Å²) in [6, 6.07) is 0. The molecule has 0 N–H and O–H groups in total. The first-order chi connectivity index (χ1) is 7.63. The molecule has 5 heteroatoms. The third-order valence-corrected chi connectivity index (χ3v) is 3.07. The third kappa shape index (κ3) is 6.75. The summed E-state index contributed by atoms with van der Waals surface area (Å²) in [5.41, 5.74) is 0. The van der Waals surface area contributed by atoms with Crippen molar-refractivity contribution in [2.75, 3.05) is 39.3 Å². The fraction of sp³-hybridized carbons (Fsp3) is 0.833. The molecule has 0 atom stereocenters. The predicted octanol–water partition coefficient (Wildman–Crippen LogP) is 0.326. The van der Waals surface area contributed by atoms with E-state index in [1.54, 1.807) is 0 Å². The van der Waals surface area contributed by atoms with Gasteiger partial charge >= 0.3 is 0 Å². The van der Waals surface area contributed by atoms with Crippen LogP contribution in [0.1, 0.15) is 20.3 Å². The van der Waals surface area contributed by atoms with Gasteiger partial charge < -0.3 is 14.6 Å². The number of carbonyl (C=O) groups is 1. The topological polar surface area (TPSA) is 40.6 Å². The molecule has 0 bridgehead atoms. The minimum absolute atomic E-state index is 0. The van der Waals surface area contributed by atoms with Crippen LogP contribution in [0.2, 0.25) is 0 Å². The average molecular weight is 314 g/mol.